The van der Waals surface area contributed by atoms with E-state index in [4.69, 9.17) is 4.98 Å². The summed E-state index contributed by atoms with van der Waals surface area (Å²) in [5.74, 6) is -0.742. The topological polar surface area (TPSA) is 102 Å². The Bertz CT molecular complexity index is 1790. The summed E-state index contributed by atoms with van der Waals surface area (Å²) in [7, 11) is -3.45. The van der Waals surface area contributed by atoms with Crippen LogP contribution in [0.5, 0.6) is 0 Å². The van der Waals surface area contributed by atoms with Gasteiger partial charge in [-0.3, -0.25) is 14.8 Å². The Balaban J connectivity index is 1.39. The highest BCUT2D eigenvalue weighted by molar-refractivity contribution is 7.90. The molecule has 0 bridgehead atoms. The smallest absolute Gasteiger partial charge is 0.251 e. The van der Waals surface area contributed by atoms with Crippen molar-refractivity contribution in [3.8, 4) is 22.4 Å². The van der Waals surface area contributed by atoms with Crippen molar-refractivity contribution in [3.05, 3.63) is 108 Å². The van der Waals surface area contributed by atoms with Gasteiger partial charge < -0.3 is 5.32 Å². The van der Waals surface area contributed by atoms with Crippen molar-refractivity contribution in [3.63, 3.8) is 0 Å². The standard InChI is InChI=1S/C29H23FN4O3S/c1-18-3-4-21(14-28(18)38(2,36)37)29(35)33-17-23-15-27-22(16-32-23)6-8-26(34-27)20-5-7-25(30)24(13-20)19-9-11-31-12-10-19/h3-16H,17H2,1-2H3,(H,33,35). The van der Waals surface area contributed by atoms with Gasteiger partial charge in [0.1, 0.15) is 5.82 Å². The molecule has 0 aliphatic heterocycles. The van der Waals surface area contributed by atoms with Crippen molar-refractivity contribution in [1.29, 1.82) is 0 Å². The quantitative estimate of drug-likeness (QED) is 0.329. The number of hydrogen-bond acceptors (Lipinski definition) is 6. The second kappa shape index (κ2) is 10.1. The highest BCUT2D eigenvalue weighted by Gasteiger charge is 2.15. The fourth-order valence-corrected chi connectivity index (χ4v) is 5.16. The second-order valence-electron chi connectivity index (χ2n) is 8.93. The molecule has 2 aromatic carbocycles. The summed E-state index contributed by atoms with van der Waals surface area (Å²) in [5.41, 5.74) is 4.69. The van der Waals surface area contributed by atoms with E-state index >= 15 is 0 Å². The Morgan fingerprint density at radius 2 is 1.74 bits per heavy atom. The molecule has 0 unspecified atom stereocenters. The summed E-state index contributed by atoms with van der Waals surface area (Å²) in [5, 5.41) is 3.60. The van der Waals surface area contributed by atoms with Crippen LogP contribution in [0.15, 0.2) is 90.2 Å². The van der Waals surface area contributed by atoms with Gasteiger partial charge in [0, 0.05) is 46.9 Å². The minimum absolute atomic E-state index is 0.124. The van der Waals surface area contributed by atoms with Gasteiger partial charge in [-0.25, -0.2) is 17.8 Å². The molecule has 0 atom stereocenters. The minimum Gasteiger partial charge on any atom is -0.346 e. The van der Waals surface area contributed by atoms with Gasteiger partial charge in [-0.1, -0.05) is 6.07 Å². The number of carbonyl (C=O) groups is 1. The number of sulfone groups is 1. The predicted molar refractivity (Wildman–Crippen MR) is 144 cm³/mol. The van der Waals surface area contributed by atoms with Gasteiger partial charge in [0.25, 0.3) is 5.91 Å². The molecule has 3 heterocycles. The van der Waals surface area contributed by atoms with Crippen molar-refractivity contribution in [2.24, 2.45) is 0 Å². The molecule has 190 valence electrons. The predicted octanol–water partition coefficient (Wildman–Crippen LogP) is 5.14. The zero-order valence-electron chi connectivity index (χ0n) is 20.6. The number of benzene rings is 2. The fraction of sp³-hybridized carbons (Fsp3) is 0.103. The van der Waals surface area contributed by atoms with E-state index in [-0.39, 0.29) is 22.8 Å². The molecular weight excluding hydrogens is 503 g/mol. The summed E-state index contributed by atoms with van der Waals surface area (Å²) in [4.78, 5) is 26.0. The van der Waals surface area contributed by atoms with Crippen LogP contribution in [0.3, 0.4) is 0 Å². The maximum absolute atomic E-state index is 14.5. The van der Waals surface area contributed by atoms with E-state index in [1.165, 1.54) is 12.1 Å². The molecular formula is C29H23FN4O3S. The number of hydrogen-bond donors (Lipinski definition) is 1. The van der Waals surface area contributed by atoms with Gasteiger partial charge in [0.05, 0.1) is 28.3 Å². The number of pyridine rings is 3. The van der Waals surface area contributed by atoms with Gasteiger partial charge in [-0.05, 0) is 78.7 Å². The molecule has 0 aliphatic carbocycles. The monoisotopic (exact) mass is 526 g/mol. The summed E-state index contributed by atoms with van der Waals surface area (Å²) < 4.78 is 38.5. The highest BCUT2D eigenvalue weighted by atomic mass is 32.2. The molecule has 0 saturated carbocycles. The van der Waals surface area contributed by atoms with E-state index in [0.717, 1.165) is 22.8 Å². The number of carbonyl (C=O) groups excluding carboxylic acids is 1. The number of fused-ring (bicyclic) bond motifs is 1. The van der Waals surface area contributed by atoms with Crippen LogP contribution >= 0.6 is 0 Å². The molecule has 5 aromatic rings. The molecule has 38 heavy (non-hydrogen) atoms. The molecule has 9 heteroatoms. The van der Waals surface area contributed by atoms with Crippen molar-refractivity contribution in [2.45, 2.75) is 18.4 Å². The summed E-state index contributed by atoms with van der Waals surface area (Å²) in [6.45, 7) is 1.82. The molecule has 5 rings (SSSR count). The average Bonchev–Trinajstić information content (AvgIpc) is 2.91. The number of nitrogens with zero attached hydrogens (tertiary/aromatic N) is 3. The zero-order chi connectivity index (χ0) is 26.9. The SMILES string of the molecule is Cc1ccc(C(=O)NCc2cc3nc(-c4ccc(F)c(-c5ccncc5)c4)ccc3cn2)cc1S(C)(=O)=O. The summed E-state index contributed by atoms with van der Waals surface area (Å²) in [6, 6.07) is 18.5. The van der Waals surface area contributed by atoms with Crippen LogP contribution in [0.1, 0.15) is 21.6 Å². The van der Waals surface area contributed by atoms with Crippen molar-refractivity contribution in [2.75, 3.05) is 6.26 Å². The summed E-state index contributed by atoms with van der Waals surface area (Å²) in [6.07, 6.45) is 6.02. The Labute approximate surface area is 219 Å². The summed E-state index contributed by atoms with van der Waals surface area (Å²) >= 11 is 0. The van der Waals surface area contributed by atoms with Crippen LogP contribution in [-0.4, -0.2) is 35.5 Å². The van der Waals surface area contributed by atoms with E-state index in [9.17, 15) is 17.6 Å². The van der Waals surface area contributed by atoms with Crippen LogP contribution < -0.4 is 5.32 Å². The molecule has 1 amide bonds. The Hall–Kier alpha value is -4.50. The highest BCUT2D eigenvalue weighted by Crippen LogP contribution is 2.29. The van der Waals surface area contributed by atoms with Gasteiger partial charge in [-0.15, -0.1) is 0 Å². The van der Waals surface area contributed by atoms with E-state index in [1.807, 2.05) is 12.1 Å². The largest absolute Gasteiger partial charge is 0.346 e. The number of halogens is 1. The van der Waals surface area contributed by atoms with E-state index < -0.39 is 15.7 Å². The van der Waals surface area contributed by atoms with E-state index in [2.05, 4.69) is 15.3 Å². The molecule has 0 fully saturated rings. The third-order valence-corrected chi connectivity index (χ3v) is 7.40. The van der Waals surface area contributed by atoms with E-state index in [0.29, 0.717) is 28.0 Å². The molecule has 1 N–H and O–H groups in total. The number of aryl methyl sites for hydroxylation is 1. The number of amides is 1. The van der Waals surface area contributed by atoms with Gasteiger partial charge in [0.15, 0.2) is 9.84 Å². The maximum Gasteiger partial charge on any atom is 0.251 e. The Kier molecular flexibility index (Phi) is 6.69. The first-order chi connectivity index (χ1) is 18.2. The molecule has 0 saturated heterocycles. The number of nitrogens with one attached hydrogen (secondary N) is 1. The number of rotatable bonds is 6. The number of aromatic nitrogens is 3. The molecule has 0 spiro atoms. The van der Waals surface area contributed by atoms with Crippen molar-refractivity contribution >= 4 is 26.6 Å². The molecule has 0 aliphatic rings. The van der Waals surface area contributed by atoms with Gasteiger partial charge in [0.2, 0.25) is 0 Å². The normalized spacial score (nSPS) is 11.4. The van der Waals surface area contributed by atoms with Crippen LogP contribution in [0.25, 0.3) is 33.3 Å². The van der Waals surface area contributed by atoms with E-state index in [1.54, 1.807) is 68.0 Å². The second-order valence-corrected chi connectivity index (χ2v) is 10.9. The lowest BCUT2D eigenvalue weighted by molar-refractivity contribution is 0.0950. The van der Waals surface area contributed by atoms with Crippen LogP contribution in [0.4, 0.5) is 4.39 Å². The third-order valence-electron chi connectivity index (χ3n) is 6.16. The lowest BCUT2D eigenvalue weighted by Gasteiger charge is -2.10. The Morgan fingerprint density at radius 1 is 0.947 bits per heavy atom. The maximum atomic E-state index is 14.5. The zero-order valence-corrected chi connectivity index (χ0v) is 21.5. The van der Waals surface area contributed by atoms with Crippen LogP contribution in [0, 0.1) is 12.7 Å². The first-order valence-electron chi connectivity index (χ1n) is 11.7. The molecule has 0 radical (unpaired) electrons. The minimum atomic E-state index is -3.45. The van der Waals surface area contributed by atoms with Crippen LogP contribution in [-0.2, 0) is 16.4 Å². The van der Waals surface area contributed by atoms with Gasteiger partial charge >= 0.3 is 0 Å². The van der Waals surface area contributed by atoms with Crippen LogP contribution in [0.2, 0.25) is 0 Å². The Morgan fingerprint density at radius 3 is 2.50 bits per heavy atom. The van der Waals surface area contributed by atoms with Crippen molar-refractivity contribution in [1.82, 2.24) is 20.3 Å². The first kappa shape index (κ1) is 25.2. The molecule has 7 nitrogen and oxygen atoms in total. The molecule has 3 aromatic heterocycles. The third kappa shape index (κ3) is 5.28. The van der Waals surface area contributed by atoms with Crippen molar-refractivity contribution < 1.29 is 17.6 Å². The lowest BCUT2D eigenvalue weighted by Crippen LogP contribution is -2.23. The van der Waals surface area contributed by atoms with Gasteiger partial charge in [-0.2, -0.15) is 0 Å². The average molecular weight is 527 g/mol. The first-order valence-corrected chi connectivity index (χ1v) is 13.6. The fourth-order valence-electron chi connectivity index (χ4n) is 4.17. The lowest BCUT2D eigenvalue weighted by atomic mass is 10.0.